The molecule has 130 valence electrons. The van der Waals surface area contributed by atoms with E-state index < -0.39 is 0 Å². The third-order valence-electron chi connectivity index (χ3n) is 4.85. The van der Waals surface area contributed by atoms with Gasteiger partial charge in [-0.2, -0.15) is 5.10 Å². The first kappa shape index (κ1) is 15.9. The molecule has 1 aromatic carbocycles. The topological polar surface area (TPSA) is 76.8 Å². The lowest BCUT2D eigenvalue weighted by atomic mass is 10.0. The van der Waals surface area contributed by atoms with Crippen LogP contribution in [-0.4, -0.2) is 53.2 Å². The average Bonchev–Trinajstić information content (AvgIpc) is 3.15. The SMILES string of the molecule is CN(C)CCNC(=O)c1ccc2[nH]c3c(c2c1)CCCc1cn[nH]c1-3. The number of rotatable bonds is 4. The van der Waals surface area contributed by atoms with Gasteiger partial charge in [-0.1, -0.05) is 0 Å². The molecule has 0 saturated carbocycles. The number of nitrogens with one attached hydrogen (secondary N) is 3. The molecular formula is C19H23N5O. The number of nitrogens with zero attached hydrogens (tertiary/aromatic N) is 2. The quantitative estimate of drug-likeness (QED) is 0.684. The summed E-state index contributed by atoms with van der Waals surface area (Å²) in [6.07, 6.45) is 5.04. The van der Waals surface area contributed by atoms with Crippen molar-refractivity contribution < 1.29 is 4.79 Å². The van der Waals surface area contributed by atoms with E-state index in [1.165, 1.54) is 11.1 Å². The number of aromatic nitrogens is 3. The van der Waals surface area contributed by atoms with E-state index in [2.05, 4.69) is 25.4 Å². The maximum absolute atomic E-state index is 12.4. The van der Waals surface area contributed by atoms with Gasteiger partial charge in [0.15, 0.2) is 0 Å². The van der Waals surface area contributed by atoms with E-state index in [4.69, 9.17) is 0 Å². The number of H-pyrrole nitrogens is 2. The van der Waals surface area contributed by atoms with Crippen LogP contribution in [0.4, 0.5) is 0 Å². The lowest BCUT2D eigenvalue weighted by Crippen LogP contribution is -2.31. The van der Waals surface area contributed by atoms with Crippen LogP contribution in [0.1, 0.15) is 27.9 Å². The smallest absolute Gasteiger partial charge is 0.251 e. The fourth-order valence-corrected chi connectivity index (χ4v) is 3.53. The summed E-state index contributed by atoms with van der Waals surface area (Å²) in [4.78, 5) is 18.0. The van der Waals surface area contributed by atoms with E-state index in [0.29, 0.717) is 12.1 Å². The Morgan fingerprint density at radius 2 is 2.16 bits per heavy atom. The lowest BCUT2D eigenvalue weighted by Gasteiger charge is -2.10. The Morgan fingerprint density at radius 1 is 1.28 bits per heavy atom. The van der Waals surface area contributed by atoms with Gasteiger partial charge in [0.25, 0.3) is 5.91 Å². The van der Waals surface area contributed by atoms with Crippen LogP contribution in [0.15, 0.2) is 24.4 Å². The number of aryl methyl sites for hydroxylation is 2. The Labute approximate surface area is 146 Å². The van der Waals surface area contributed by atoms with Gasteiger partial charge in [-0.25, -0.2) is 0 Å². The van der Waals surface area contributed by atoms with Gasteiger partial charge in [0.2, 0.25) is 0 Å². The first-order chi connectivity index (χ1) is 12.1. The van der Waals surface area contributed by atoms with Crippen LogP contribution in [0.25, 0.3) is 22.3 Å². The van der Waals surface area contributed by atoms with Crippen molar-refractivity contribution >= 4 is 16.8 Å². The Morgan fingerprint density at radius 3 is 3.00 bits per heavy atom. The molecular weight excluding hydrogens is 314 g/mol. The number of benzene rings is 1. The molecule has 0 aliphatic heterocycles. The molecule has 4 rings (SSSR count). The maximum Gasteiger partial charge on any atom is 0.251 e. The Hall–Kier alpha value is -2.60. The van der Waals surface area contributed by atoms with Crippen molar-refractivity contribution in [3.05, 3.63) is 41.1 Å². The second-order valence-corrected chi connectivity index (χ2v) is 6.92. The molecule has 2 heterocycles. The second kappa shape index (κ2) is 6.37. The summed E-state index contributed by atoms with van der Waals surface area (Å²) in [5, 5.41) is 11.4. The molecule has 0 atom stereocenters. The monoisotopic (exact) mass is 337 g/mol. The van der Waals surface area contributed by atoms with Gasteiger partial charge in [-0.05, 0) is 62.7 Å². The molecule has 2 aromatic heterocycles. The van der Waals surface area contributed by atoms with Gasteiger partial charge in [-0.3, -0.25) is 9.89 Å². The molecule has 25 heavy (non-hydrogen) atoms. The highest BCUT2D eigenvalue weighted by Gasteiger charge is 2.21. The fraction of sp³-hybridized carbons (Fsp3) is 0.368. The number of carbonyl (C=O) groups excluding carboxylic acids is 1. The molecule has 1 aliphatic carbocycles. The van der Waals surface area contributed by atoms with E-state index in [0.717, 1.165) is 48.1 Å². The summed E-state index contributed by atoms with van der Waals surface area (Å²) in [6.45, 7) is 1.47. The molecule has 1 amide bonds. The van der Waals surface area contributed by atoms with Crippen molar-refractivity contribution in [2.24, 2.45) is 0 Å². The van der Waals surface area contributed by atoms with Crippen LogP contribution < -0.4 is 5.32 Å². The third kappa shape index (κ3) is 2.93. The number of hydrogen-bond acceptors (Lipinski definition) is 3. The standard InChI is InChI=1S/C19H23N5O/c1-24(2)9-8-20-19(25)12-6-7-16-15(10-12)14-5-3-4-13-11-21-23-17(13)18(14)22-16/h6-7,10-11,22H,3-5,8-9H2,1-2H3,(H,20,25)(H,21,23). The van der Waals surface area contributed by atoms with E-state index in [9.17, 15) is 4.79 Å². The molecule has 0 radical (unpaired) electrons. The number of likely N-dealkylation sites (N-methyl/N-ethyl adjacent to an activating group) is 1. The van der Waals surface area contributed by atoms with Crippen LogP contribution in [0, 0.1) is 0 Å². The molecule has 0 unspecified atom stereocenters. The number of hydrogen-bond donors (Lipinski definition) is 3. The van der Waals surface area contributed by atoms with Gasteiger partial charge in [0.05, 0.1) is 17.6 Å². The summed E-state index contributed by atoms with van der Waals surface area (Å²) >= 11 is 0. The maximum atomic E-state index is 12.4. The van der Waals surface area contributed by atoms with Gasteiger partial charge >= 0.3 is 0 Å². The van der Waals surface area contributed by atoms with Crippen LogP contribution >= 0.6 is 0 Å². The first-order valence-corrected chi connectivity index (χ1v) is 8.73. The van der Waals surface area contributed by atoms with Gasteiger partial charge in [-0.15, -0.1) is 0 Å². The molecule has 1 aliphatic rings. The first-order valence-electron chi connectivity index (χ1n) is 8.73. The average molecular weight is 337 g/mol. The fourth-order valence-electron chi connectivity index (χ4n) is 3.53. The summed E-state index contributed by atoms with van der Waals surface area (Å²) in [7, 11) is 3.99. The summed E-state index contributed by atoms with van der Waals surface area (Å²) < 4.78 is 0. The predicted octanol–water partition coefficient (Wildman–Crippen LogP) is 2.34. The Kier molecular flexibility index (Phi) is 4.05. The van der Waals surface area contributed by atoms with Gasteiger partial charge in [0, 0.05) is 29.6 Å². The predicted molar refractivity (Wildman–Crippen MR) is 98.8 cm³/mol. The zero-order valence-corrected chi connectivity index (χ0v) is 14.6. The minimum atomic E-state index is -0.0189. The van der Waals surface area contributed by atoms with Crippen molar-refractivity contribution in [2.75, 3.05) is 27.2 Å². The van der Waals surface area contributed by atoms with Crippen LogP contribution in [0.3, 0.4) is 0 Å². The minimum Gasteiger partial charge on any atom is -0.353 e. The number of fused-ring (bicyclic) bond motifs is 5. The highest BCUT2D eigenvalue weighted by molar-refractivity contribution is 6.00. The molecule has 0 saturated heterocycles. The number of amides is 1. The normalized spacial score (nSPS) is 13.6. The highest BCUT2D eigenvalue weighted by Crippen LogP contribution is 2.35. The molecule has 0 bridgehead atoms. The van der Waals surface area contributed by atoms with Crippen LogP contribution in [-0.2, 0) is 12.8 Å². The summed E-state index contributed by atoms with van der Waals surface area (Å²) in [6, 6.07) is 5.90. The number of aromatic amines is 2. The highest BCUT2D eigenvalue weighted by atomic mass is 16.1. The Bertz CT molecular complexity index is 921. The molecule has 6 heteroatoms. The molecule has 3 aromatic rings. The molecule has 6 nitrogen and oxygen atoms in total. The Balaban J connectivity index is 1.68. The van der Waals surface area contributed by atoms with Gasteiger partial charge < -0.3 is 15.2 Å². The van der Waals surface area contributed by atoms with E-state index in [-0.39, 0.29) is 5.91 Å². The van der Waals surface area contributed by atoms with Crippen molar-refractivity contribution in [1.29, 1.82) is 0 Å². The van der Waals surface area contributed by atoms with Crippen molar-refractivity contribution in [2.45, 2.75) is 19.3 Å². The zero-order valence-electron chi connectivity index (χ0n) is 14.6. The van der Waals surface area contributed by atoms with E-state index >= 15 is 0 Å². The van der Waals surface area contributed by atoms with E-state index in [1.54, 1.807) is 0 Å². The van der Waals surface area contributed by atoms with Crippen LogP contribution in [0.5, 0.6) is 0 Å². The molecule has 0 spiro atoms. The van der Waals surface area contributed by atoms with Crippen LogP contribution in [0.2, 0.25) is 0 Å². The molecule has 3 N–H and O–H groups in total. The minimum absolute atomic E-state index is 0.0189. The largest absolute Gasteiger partial charge is 0.353 e. The summed E-state index contributed by atoms with van der Waals surface area (Å²) in [5.41, 5.74) is 6.51. The van der Waals surface area contributed by atoms with Gasteiger partial charge in [0.1, 0.15) is 0 Å². The second-order valence-electron chi connectivity index (χ2n) is 6.92. The summed E-state index contributed by atoms with van der Waals surface area (Å²) in [5.74, 6) is -0.0189. The van der Waals surface area contributed by atoms with Crippen molar-refractivity contribution in [3.8, 4) is 11.4 Å². The third-order valence-corrected chi connectivity index (χ3v) is 4.85. The molecule has 0 fully saturated rings. The number of carbonyl (C=O) groups is 1. The zero-order chi connectivity index (χ0) is 17.4. The van der Waals surface area contributed by atoms with E-state index in [1.807, 2.05) is 38.5 Å². The van der Waals surface area contributed by atoms with Crippen molar-refractivity contribution in [1.82, 2.24) is 25.4 Å². The lowest BCUT2D eigenvalue weighted by molar-refractivity contribution is 0.0951. The van der Waals surface area contributed by atoms with Crippen molar-refractivity contribution in [3.63, 3.8) is 0 Å².